The molecule has 0 aliphatic rings. The number of nitrogens with zero attached hydrogens (tertiary/aromatic N) is 6. The van der Waals surface area contributed by atoms with Gasteiger partial charge in [0.05, 0.1) is 28.3 Å². The van der Waals surface area contributed by atoms with Crippen molar-refractivity contribution in [2.75, 3.05) is 0 Å². The highest BCUT2D eigenvalue weighted by molar-refractivity contribution is 7.07. The van der Waals surface area contributed by atoms with Crippen LogP contribution in [0.2, 0.25) is 0 Å². The number of rotatable bonds is 6. The average Bonchev–Trinajstić information content (AvgIpc) is 3.57. The maximum atomic E-state index is 11.1. The number of non-ortho nitro benzene ring substituents is 1. The van der Waals surface area contributed by atoms with E-state index in [4.69, 9.17) is 10.1 Å². The fourth-order valence-electron chi connectivity index (χ4n) is 3.71. The van der Waals surface area contributed by atoms with Gasteiger partial charge < -0.3 is 4.57 Å². The monoisotopic (exact) mass is 494 g/mol. The molecule has 5 rings (SSSR count). The first-order valence-electron chi connectivity index (χ1n) is 11.2. The van der Waals surface area contributed by atoms with Gasteiger partial charge in [-0.25, -0.2) is 14.7 Å². The number of aryl methyl sites for hydroxylation is 1. The van der Waals surface area contributed by atoms with E-state index in [-0.39, 0.29) is 5.69 Å². The van der Waals surface area contributed by atoms with Crippen molar-refractivity contribution in [1.29, 1.82) is 0 Å². The van der Waals surface area contributed by atoms with E-state index in [2.05, 4.69) is 4.98 Å². The van der Waals surface area contributed by atoms with Crippen LogP contribution >= 0.6 is 11.3 Å². The molecule has 0 amide bonds. The number of aromatic nitrogens is 3. The standard InChI is InChI=1S/C27H22N6O2S/c1-19-5-3-4-6-25(19)29-27-32(26(17-36-27)22-9-13-24(14-10-22)33(34)35)30-20(2)21-7-11-23(12-8-21)31-16-15-28-18-31/h3-18H,1-2H3. The van der Waals surface area contributed by atoms with Gasteiger partial charge in [0.15, 0.2) is 0 Å². The molecule has 8 nitrogen and oxygen atoms in total. The van der Waals surface area contributed by atoms with Gasteiger partial charge in [0, 0.05) is 41.2 Å². The number of hydrogen-bond acceptors (Lipinski definition) is 6. The third kappa shape index (κ3) is 4.77. The Labute approximate surface area is 211 Å². The van der Waals surface area contributed by atoms with E-state index in [9.17, 15) is 10.1 Å². The Hall–Kier alpha value is -4.63. The van der Waals surface area contributed by atoms with Crippen LogP contribution in [0.25, 0.3) is 16.9 Å². The minimum absolute atomic E-state index is 0.0445. The van der Waals surface area contributed by atoms with Crippen molar-refractivity contribution >= 4 is 28.4 Å². The number of nitro groups is 1. The highest BCUT2D eigenvalue weighted by Gasteiger charge is 2.12. The highest BCUT2D eigenvalue weighted by atomic mass is 32.1. The molecule has 0 aliphatic heterocycles. The molecule has 36 heavy (non-hydrogen) atoms. The Bertz CT molecular complexity index is 1610. The molecule has 2 aromatic heterocycles. The first-order valence-corrected chi connectivity index (χ1v) is 12.1. The summed E-state index contributed by atoms with van der Waals surface area (Å²) in [6.45, 7) is 3.97. The summed E-state index contributed by atoms with van der Waals surface area (Å²) in [6, 6.07) is 22.5. The smallest absolute Gasteiger partial charge is 0.269 e. The van der Waals surface area contributed by atoms with E-state index < -0.39 is 4.92 Å². The maximum Gasteiger partial charge on any atom is 0.269 e. The fourth-order valence-corrected chi connectivity index (χ4v) is 4.56. The van der Waals surface area contributed by atoms with Gasteiger partial charge in [-0.3, -0.25) is 10.1 Å². The Morgan fingerprint density at radius 1 is 1.03 bits per heavy atom. The summed E-state index contributed by atoms with van der Waals surface area (Å²) >= 11 is 1.47. The quantitative estimate of drug-likeness (QED) is 0.162. The predicted molar refractivity (Wildman–Crippen MR) is 142 cm³/mol. The number of imidazole rings is 1. The summed E-state index contributed by atoms with van der Waals surface area (Å²) in [5.74, 6) is 0. The minimum atomic E-state index is -0.403. The van der Waals surface area contributed by atoms with Gasteiger partial charge in [-0.05, 0) is 55.3 Å². The van der Waals surface area contributed by atoms with Gasteiger partial charge in [-0.15, -0.1) is 11.3 Å². The summed E-state index contributed by atoms with van der Waals surface area (Å²) in [7, 11) is 0. The van der Waals surface area contributed by atoms with Crippen LogP contribution in [-0.4, -0.2) is 24.9 Å². The van der Waals surface area contributed by atoms with E-state index in [1.165, 1.54) is 23.5 Å². The van der Waals surface area contributed by atoms with Gasteiger partial charge in [0.2, 0.25) is 4.80 Å². The van der Waals surface area contributed by atoms with Crippen LogP contribution in [0, 0.1) is 17.0 Å². The molecule has 9 heteroatoms. The molecular weight excluding hydrogens is 472 g/mol. The summed E-state index contributed by atoms with van der Waals surface area (Å²) in [4.78, 5) is 20.4. The summed E-state index contributed by atoms with van der Waals surface area (Å²) in [5.41, 5.74) is 6.36. The van der Waals surface area contributed by atoms with Crippen molar-refractivity contribution in [1.82, 2.24) is 14.2 Å². The van der Waals surface area contributed by atoms with Crippen LogP contribution < -0.4 is 4.80 Å². The zero-order valence-corrected chi connectivity index (χ0v) is 20.5. The summed E-state index contributed by atoms with van der Waals surface area (Å²) in [6.07, 6.45) is 5.40. The first kappa shape index (κ1) is 23.1. The van der Waals surface area contributed by atoms with Crippen molar-refractivity contribution in [3.8, 4) is 16.9 Å². The van der Waals surface area contributed by atoms with Gasteiger partial charge in [-0.2, -0.15) is 5.10 Å². The third-order valence-electron chi connectivity index (χ3n) is 5.73. The fraction of sp³-hybridized carbons (Fsp3) is 0.0741. The SMILES string of the molecule is CC(=Nn1c(-c2ccc([N+](=O)[O-])cc2)csc1=Nc1ccccc1C)c1ccc(-n2ccnc2)cc1. The van der Waals surface area contributed by atoms with E-state index in [1.54, 1.807) is 29.3 Å². The van der Waals surface area contributed by atoms with Crippen LogP contribution in [0.3, 0.4) is 0 Å². The number of nitro benzene ring substituents is 1. The second kappa shape index (κ2) is 9.93. The molecule has 0 saturated carbocycles. The highest BCUT2D eigenvalue weighted by Crippen LogP contribution is 2.24. The number of thiazole rings is 1. The molecule has 0 bridgehead atoms. The van der Waals surface area contributed by atoms with Crippen LogP contribution in [0.1, 0.15) is 18.1 Å². The van der Waals surface area contributed by atoms with Crippen molar-refractivity contribution in [2.45, 2.75) is 13.8 Å². The molecule has 0 saturated heterocycles. The lowest BCUT2D eigenvalue weighted by atomic mass is 10.1. The topological polar surface area (TPSA) is 90.6 Å². The summed E-state index contributed by atoms with van der Waals surface area (Å²) < 4.78 is 3.74. The lowest BCUT2D eigenvalue weighted by Gasteiger charge is -2.08. The Kier molecular flexibility index (Phi) is 6.38. The molecule has 178 valence electrons. The molecular formula is C27H22N6O2S. The van der Waals surface area contributed by atoms with Gasteiger partial charge in [-0.1, -0.05) is 30.3 Å². The lowest BCUT2D eigenvalue weighted by molar-refractivity contribution is -0.384. The average molecular weight is 495 g/mol. The van der Waals surface area contributed by atoms with Gasteiger partial charge in [0.1, 0.15) is 0 Å². The number of benzene rings is 3. The van der Waals surface area contributed by atoms with Crippen molar-refractivity contribution in [3.05, 3.63) is 123 Å². The van der Waals surface area contributed by atoms with E-state index in [0.717, 1.165) is 39.5 Å². The van der Waals surface area contributed by atoms with Crippen LogP contribution in [0.4, 0.5) is 11.4 Å². The molecule has 2 heterocycles. The molecule has 0 spiro atoms. The maximum absolute atomic E-state index is 11.1. The van der Waals surface area contributed by atoms with Gasteiger partial charge in [0.25, 0.3) is 5.69 Å². The molecule has 0 unspecified atom stereocenters. The Morgan fingerprint density at radius 2 is 1.78 bits per heavy atom. The number of hydrogen-bond donors (Lipinski definition) is 0. The van der Waals surface area contributed by atoms with Crippen molar-refractivity contribution < 1.29 is 4.92 Å². The normalized spacial score (nSPS) is 12.2. The third-order valence-corrected chi connectivity index (χ3v) is 6.54. The van der Waals surface area contributed by atoms with E-state index >= 15 is 0 Å². The van der Waals surface area contributed by atoms with Crippen LogP contribution in [0.5, 0.6) is 0 Å². The van der Waals surface area contributed by atoms with Crippen molar-refractivity contribution in [2.24, 2.45) is 10.1 Å². The first-order chi connectivity index (χ1) is 17.5. The van der Waals surface area contributed by atoms with E-state index in [1.807, 2.05) is 78.5 Å². The molecule has 5 aromatic rings. The molecule has 0 atom stereocenters. The Balaban J connectivity index is 1.60. The molecule has 0 N–H and O–H groups in total. The second-order valence-electron chi connectivity index (χ2n) is 8.12. The minimum Gasteiger partial charge on any atom is -0.306 e. The lowest BCUT2D eigenvalue weighted by Crippen LogP contribution is -2.14. The van der Waals surface area contributed by atoms with E-state index in [0.29, 0.717) is 4.80 Å². The molecule has 0 fully saturated rings. The Morgan fingerprint density at radius 3 is 2.44 bits per heavy atom. The van der Waals surface area contributed by atoms with Gasteiger partial charge >= 0.3 is 0 Å². The van der Waals surface area contributed by atoms with Crippen LogP contribution in [-0.2, 0) is 0 Å². The molecule has 0 aliphatic carbocycles. The van der Waals surface area contributed by atoms with Crippen molar-refractivity contribution in [3.63, 3.8) is 0 Å². The zero-order chi connectivity index (χ0) is 25.1. The predicted octanol–water partition coefficient (Wildman–Crippen LogP) is 6.12. The molecule has 0 radical (unpaired) electrons. The summed E-state index contributed by atoms with van der Waals surface area (Å²) in [5, 5.41) is 18.0. The zero-order valence-electron chi connectivity index (χ0n) is 19.6. The second-order valence-corrected chi connectivity index (χ2v) is 8.96. The largest absolute Gasteiger partial charge is 0.306 e. The molecule has 3 aromatic carbocycles. The number of para-hydroxylation sites is 1. The van der Waals surface area contributed by atoms with Crippen LogP contribution in [0.15, 0.2) is 107 Å².